The molecule has 0 radical (unpaired) electrons. The number of hydrogen-bond acceptors (Lipinski definition) is 3. The smallest absolute Gasteiger partial charge is 0.160 e. The summed E-state index contributed by atoms with van der Waals surface area (Å²) in [6.07, 6.45) is 2.81. The zero-order chi connectivity index (χ0) is 6.69. The van der Waals surface area contributed by atoms with Gasteiger partial charge in [-0.3, -0.25) is 4.79 Å². The summed E-state index contributed by atoms with van der Waals surface area (Å²) in [7, 11) is 1.81. The van der Waals surface area contributed by atoms with Gasteiger partial charge in [0.25, 0.3) is 0 Å². The zero-order valence-corrected chi connectivity index (χ0v) is 5.26. The largest absolute Gasteiger partial charge is 0.488 e. The molecule has 0 saturated carbocycles. The Hall–Kier alpha value is -0.990. The van der Waals surface area contributed by atoms with E-state index in [9.17, 15) is 4.79 Å². The lowest BCUT2D eigenvalue weighted by molar-refractivity contribution is -0.114. The Morgan fingerprint density at radius 3 is 3.11 bits per heavy atom. The summed E-state index contributed by atoms with van der Waals surface area (Å²) >= 11 is 0. The van der Waals surface area contributed by atoms with Crippen molar-refractivity contribution in [1.29, 1.82) is 0 Å². The standard InChI is InChI=1S/C6H9NO2/c1-7-5-2-6(3-8)9-4-5/h3-4,6-7H,2H2,1H3. The van der Waals surface area contributed by atoms with Crippen molar-refractivity contribution in [3.8, 4) is 0 Å². The molecule has 3 heteroatoms. The van der Waals surface area contributed by atoms with Gasteiger partial charge in [-0.2, -0.15) is 0 Å². The van der Waals surface area contributed by atoms with Crippen LogP contribution in [0.5, 0.6) is 0 Å². The molecule has 1 heterocycles. The molecule has 9 heavy (non-hydrogen) atoms. The molecule has 0 amide bonds. The third-order valence-electron chi connectivity index (χ3n) is 1.28. The number of aldehydes is 1. The van der Waals surface area contributed by atoms with Crippen LogP contribution in [0.2, 0.25) is 0 Å². The number of ether oxygens (including phenoxy) is 1. The van der Waals surface area contributed by atoms with Crippen LogP contribution in [-0.4, -0.2) is 19.4 Å². The van der Waals surface area contributed by atoms with E-state index in [1.54, 1.807) is 6.26 Å². The molecule has 0 aliphatic carbocycles. The average molecular weight is 127 g/mol. The SMILES string of the molecule is CNC1=COC(C=O)C1. The lowest BCUT2D eigenvalue weighted by Gasteiger charge is -1.98. The third-order valence-corrected chi connectivity index (χ3v) is 1.28. The van der Waals surface area contributed by atoms with E-state index < -0.39 is 0 Å². The summed E-state index contributed by atoms with van der Waals surface area (Å²) in [5.41, 5.74) is 0.979. The first-order valence-corrected chi connectivity index (χ1v) is 2.84. The molecule has 1 aliphatic heterocycles. The van der Waals surface area contributed by atoms with Crippen LogP contribution >= 0.6 is 0 Å². The number of hydrogen-bond donors (Lipinski definition) is 1. The highest BCUT2D eigenvalue weighted by Gasteiger charge is 2.15. The third kappa shape index (κ3) is 1.22. The van der Waals surface area contributed by atoms with Gasteiger partial charge in [-0.25, -0.2) is 0 Å². The molecule has 1 atom stereocenters. The molecule has 0 saturated heterocycles. The molecular weight excluding hydrogens is 118 g/mol. The molecule has 1 aliphatic rings. The first-order valence-electron chi connectivity index (χ1n) is 2.84. The van der Waals surface area contributed by atoms with Crippen molar-refractivity contribution in [3.05, 3.63) is 12.0 Å². The molecule has 0 aromatic heterocycles. The summed E-state index contributed by atoms with van der Waals surface area (Å²) < 4.78 is 4.91. The van der Waals surface area contributed by atoms with Gasteiger partial charge in [0, 0.05) is 19.2 Å². The van der Waals surface area contributed by atoms with Gasteiger partial charge in [-0.15, -0.1) is 0 Å². The highest BCUT2D eigenvalue weighted by molar-refractivity contribution is 5.57. The van der Waals surface area contributed by atoms with E-state index in [0.717, 1.165) is 12.0 Å². The summed E-state index contributed by atoms with van der Waals surface area (Å²) in [5, 5.41) is 2.91. The minimum Gasteiger partial charge on any atom is -0.488 e. The normalized spacial score (nSPS) is 24.6. The Labute approximate surface area is 53.7 Å². The molecule has 1 N–H and O–H groups in total. The molecule has 1 unspecified atom stereocenters. The lowest BCUT2D eigenvalue weighted by atomic mass is 10.2. The second-order valence-corrected chi connectivity index (χ2v) is 1.91. The molecule has 0 aromatic carbocycles. The van der Waals surface area contributed by atoms with Gasteiger partial charge in [0.15, 0.2) is 12.4 Å². The number of carbonyl (C=O) groups is 1. The highest BCUT2D eigenvalue weighted by Crippen LogP contribution is 2.12. The van der Waals surface area contributed by atoms with E-state index in [-0.39, 0.29) is 6.10 Å². The molecule has 1 rings (SSSR count). The summed E-state index contributed by atoms with van der Waals surface area (Å²) in [4.78, 5) is 10.1. The predicted molar refractivity (Wildman–Crippen MR) is 32.7 cm³/mol. The maximum atomic E-state index is 10.1. The first kappa shape index (κ1) is 6.13. The van der Waals surface area contributed by atoms with E-state index in [0.29, 0.717) is 6.42 Å². The van der Waals surface area contributed by atoms with E-state index in [2.05, 4.69) is 5.32 Å². The van der Waals surface area contributed by atoms with Crippen LogP contribution in [0, 0.1) is 0 Å². The van der Waals surface area contributed by atoms with Gasteiger partial charge in [0.05, 0.1) is 0 Å². The maximum Gasteiger partial charge on any atom is 0.160 e. The van der Waals surface area contributed by atoms with Crippen molar-refractivity contribution < 1.29 is 9.53 Å². The molecule has 0 bridgehead atoms. The Morgan fingerprint density at radius 2 is 2.78 bits per heavy atom. The van der Waals surface area contributed by atoms with Crippen LogP contribution in [-0.2, 0) is 9.53 Å². The van der Waals surface area contributed by atoms with Crippen molar-refractivity contribution in [2.45, 2.75) is 12.5 Å². The fourth-order valence-corrected chi connectivity index (χ4v) is 0.724. The van der Waals surface area contributed by atoms with Crippen LogP contribution in [0.3, 0.4) is 0 Å². The Bertz CT molecular complexity index is 142. The van der Waals surface area contributed by atoms with Crippen molar-refractivity contribution in [3.63, 3.8) is 0 Å². The van der Waals surface area contributed by atoms with E-state index in [1.165, 1.54) is 0 Å². The van der Waals surface area contributed by atoms with Crippen LogP contribution in [0.15, 0.2) is 12.0 Å². The van der Waals surface area contributed by atoms with Crippen molar-refractivity contribution in [2.24, 2.45) is 0 Å². The van der Waals surface area contributed by atoms with E-state index >= 15 is 0 Å². The number of nitrogens with one attached hydrogen (secondary N) is 1. The van der Waals surface area contributed by atoms with Crippen molar-refractivity contribution in [1.82, 2.24) is 5.32 Å². The molecule has 0 fully saturated rings. The summed E-state index contributed by atoms with van der Waals surface area (Å²) in [6.45, 7) is 0. The van der Waals surface area contributed by atoms with Crippen LogP contribution < -0.4 is 5.32 Å². The Balaban J connectivity index is 2.39. The van der Waals surface area contributed by atoms with Crippen LogP contribution in [0.25, 0.3) is 0 Å². The molecule has 0 aromatic rings. The van der Waals surface area contributed by atoms with E-state index in [1.807, 2.05) is 7.05 Å². The Morgan fingerprint density at radius 1 is 2.00 bits per heavy atom. The van der Waals surface area contributed by atoms with Crippen LogP contribution in [0.4, 0.5) is 0 Å². The fourth-order valence-electron chi connectivity index (χ4n) is 0.724. The molecule has 3 nitrogen and oxygen atoms in total. The molecule has 0 spiro atoms. The topological polar surface area (TPSA) is 38.3 Å². The second-order valence-electron chi connectivity index (χ2n) is 1.91. The first-order chi connectivity index (χ1) is 4.36. The van der Waals surface area contributed by atoms with Gasteiger partial charge >= 0.3 is 0 Å². The Kier molecular flexibility index (Phi) is 1.72. The van der Waals surface area contributed by atoms with Gasteiger partial charge in [0.1, 0.15) is 6.26 Å². The zero-order valence-electron chi connectivity index (χ0n) is 5.26. The second kappa shape index (κ2) is 2.53. The molecular formula is C6H9NO2. The minimum atomic E-state index is -0.257. The monoisotopic (exact) mass is 127 g/mol. The van der Waals surface area contributed by atoms with Crippen molar-refractivity contribution >= 4 is 6.29 Å². The maximum absolute atomic E-state index is 10.1. The van der Waals surface area contributed by atoms with E-state index in [4.69, 9.17) is 4.74 Å². The highest BCUT2D eigenvalue weighted by atomic mass is 16.5. The average Bonchev–Trinajstić information content (AvgIpc) is 2.34. The minimum absolute atomic E-state index is 0.257. The van der Waals surface area contributed by atoms with Crippen molar-refractivity contribution in [2.75, 3.05) is 7.05 Å². The van der Waals surface area contributed by atoms with Gasteiger partial charge in [-0.1, -0.05) is 0 Å². The number of rotatable bonds is 2. The van der Waals surface area contributed by atoms with Gasteiger partial charge in [0.2, 0.25) is 0 Å². The fraction of sp³-hybridized carbons (Fsp3) is 0.500. The lowest BCUT2D eigenvalue weighted by Crippen LogP contribution is -2.10. The quantitative estimate of drug-likeness (QED) is 0.532. The van der Waals surface area contributed by atoms with Gasteiger partial charge < -0.3 is 10.1 Å². The predicted octanol–water partition coefficient (Wildman–Crippen LogP) is 0.0350. The van der Waals surface area contributed by atoms with Gasteiger partial charge in [-0.05, 0) is 0 Å². The number of carbonyl (C=O) groups excluding carboxylic acids is 1. The van der Waals surface area contributed by atoms with Crippen LogP contribution in [0.1, 0.15) is 6.42 Å². The molecule has 50 valence electrons. The summed E-state index contributed by atoms with van der Waals surface area (Å²) in [5.74, 6) is 0. The summed E-state index contributed by atoms with van der Waals surface area (Å²) in [6, 6.07) is 0.